The van der Waals surface area contributed by atoms with E-state index in [0.29, 0.717) is 18.6 Å². The molecule has 0 unspecified atom stereocenters. The lowest BCUT2D eigenvalue weighted by atomic mass is 10.2. The molecule has 0 amide bonds. The lowest BCUT2D eigenvalue weighted by molar-refractivity contribution is -0.138. The van der Waals surface area contributed by atoms with Crippen molar-refractivity contribution >= 4 is 57.1 Å². The Labute approximate surface area is 139 Å². The molecule has 6 heteroatoms. The van der Waals surface area contributed by atoms with E-state index in [4.69, 9.17) is 9.84 Å². The second-order valence-corrected chi connectivity index (χ2v) is 6.52. The van der Waals surface area contributed by atoms with E-state index in [2.05, 4.69) is 45.2 Å². The molecule has 0 saturated carbocycles. The van der Waals surface area contributed by atoms with Crippen LogP contribution in [0.4, 0.5) is 0 Å². The number of ether oxygens (including phenoxy) is 1. The molecule has 0 saturated heterocycles. The monoisotopic (exact) mass is 488 g/mol. The van der Waals surface area contributed by atoms with E-state index in [1.165, 1.54) is 0 Å². The molecule has 0 heterocycles. The van der Waals surface area contributed by atoms with E-state index in [1.807, 2.05) is 19.1 Å². The molecule has 1 N–H and O–H groups in total. The van der Waals surface area contributed by atoms with E-state index in [0.717, 1.165) is 12.7 Å². The number of unbranched alkanes of at least 4 members (excludes halogenated alkanes) is 1. The number of benzene rings is 1. The fourth-order valence-corrected chi connectivity index (χ4v) is 3.77. The summed E-state index contributed by atoms with van der Waals surface area (Å²) < 4.78 is 7.34. The van der Waals surface area contributed by atoms with Crippen LogP contribution in [0.2, 0.25) is 0 Å². The van der Waals surface area contributed by atoms with Crippen molar-refractivity contribution in [3.05, 3.63) is 24.8 Å². The van der Waals surface area contributed by atoms with Crippen molar-refractivity contribution in [3.8, 4) is 5.75 Å². The van der Waals surface area contributed by atoms with E-state index in [9.17, 15) is 9.59 Å². The summed E-state index contributed by atoms with van der Waals surface area (Å²) in [5.41, 5.74) is 0.926. The Bertz CT molecular complexity index is 463. The standard InChI is InChI=1S/C13H14I2O4/c1-8-6-9(14)7-10(15)13(8)19-12(18)5-3-2-4-11(16)17/h6-7H,2-5H2,1H3,(H,16,17). The van der Waals surface area contributed by atoms with Crippen LogP contribution in [0.1, 0.15) is 31.2 Å². The summed E-state index contributed by atoms with van der Waals surface area (Å²) in [6.45, 7) is 1.90. The number of halogens is 2. The number of carboxylic acids is 1. The molecule has 19 heavy (non-hydrogen) atoms. The molecular formula is C13H14I2O4. The highest BCUT2D eigenvalue weighted by Gasteiger charge is 2.12. The van der Waals surface area contributed by atoms with Crippen LogP contribution >= 0.6 is 45.2 Å². The zero-order chi connectivity index (χ0) is 14.4. The van der Waals surface area contributed by atoms with Crippen LogP contribution in [0, 0.1) is 14.1 Å². The van der Waals surface area contributed by atoms with Gasteiger partial charge in [-0.15, -0.1) is 0 Å². The van der Waals surface area contributed by atoms with Crippen molar-refractivity contribution in [2.45, 2.75) is 32.6 Å². The fraction of sp³-hybridized carbons (Fsp3) is 0.385. The van der Waals surface area contributed by atoms with Gasteiger partial charge in [0, 0.05) is 16.4 Å². The van der Waals surface area contributed by atoms with Gasteiger partial charge in [-0.1, -0.05) is 0 Å². The molecule has 1 aromatic carbocycles. The molecule has 1 rings (SSSR count). The maximum atomic E-state index is 11.7. The van der Waals surface area contributed by atoms with Crippen molar-refractivity contribution in [2.75, 3.05) is 0 Å². The number of esters is 1. The molecule has 0 fully saturated rings. The minimum absolute atomic E-state index is 0.0906. The van der Waals surface area contributed by atoms with Crippen LogP contribution in [0.3, 0.4) is 0 Å². The minimum Gasteiger partial charge on any atom is -0.481 e. The summed E-state index contributed by atoms with van der Waals surface area (Å²) in [7, 11) is 0. The summed E-state index contributed by atoms with van der Waals surface area (Å²) in [6, 6.07) is 3.90. The number of hydrogen-bond acceptors (Lipinski definition) is 3. The summed E-state index contributed by atoms with van der Waals surface area (Å²) in [4.78, 5) is 22.0. The largest absolute Gasteiger partial charge is 0.481 e. The lowest BCUT2D eigenvalue weighted by Gasteiger charge is -2.10. The van der Waals surface area contributed by atoms with E-state index < -0.39 is 5.97 Å². The molecule has 4 nitrogen and oxygen atoms in total. The number of aliphatic carboxylic acids is 1. The first kappa shape index (κ1) is 16.7. The van der Waals surface area contributed by atoms with Crippen molar-refractivity contribution in [1.29, 1.82) is 0 Å². The molecule has 0 aliphatic heterocycles. The zero-order valence-corrected chi connectivity index (χ0v) is 14.7. The summed E-state index contributed by atoms with van der Waals surface area (Å²) in [5.74, 6) is -0.548. The SMILES string of the molecule is Cc1cc(I)cc(I)c1OC(=O)CCCCC(=O)O. The van der Waals surface area contributed by atoms with E-state index in [-0.39, 0.29) is 18.8 Å². The second kappa shape index (κ2) is 8.03. The van der Waals surface area contributed by atoms with Gasteiger partial charge in [-0.05, 0) is 82.6 Å². The maximum absolute atomic E-state index is 11.7. The van der Waals surface area contributed by atoms with Crippen molar-refractivity contribution in [3.63, 3.8) is 0 Å². The number of hydrogen-bond donors (Lipinski definition) is 1. The first-order valence-corrected chi connectivity index (χ1v) is 7.94. The molecule has 0 spiro atoms. The Hall–Kier alpha value is -0.380. The topological polar surface area (TPSA) is 63.6 Å². The lowest BCUT2D eigenvalue weighted by Crippen LogP contribution is -2.10. The molecule has 0 radical (unpaired) electrons. The smallest absolute Gasteiger partial charge is 0.311 e. The van der Waals surface area contributed by atoms with Crippen LogP contribution in [0.5, 0.6) is 5.75 Å². The van der Waals surface area contributed by atoms with Gasteiger partial charge in [-0.25, -0.2) is 0 Å². The first-order valence-electron chi connectivity index (χ1n) is 5.78. The van der Waals surface area contributed by atoms with Gasteiger partial charge in [-0.2, -0.15) is 0 Å². The zero-order valence-electron chi connectivity index (χ0n) is 10.4. The summed E-state index contributed by atoms with van der Waals surface area (Å²) >= 11 is 4.35. The highest BCUT2D eigenvalue weighted by Crippen LogP contribution is 2.28. The van der Waals surface area contributed by atoms with Crippen molar-refractivity contribution < 1.29 is 19.4 Å². The average Bonchev–Trinajstić information content (AvgIpc) is 2.29. The van der Waals surface area contributed by atoms with Crippen LogP contribution in [-0.2, 0) is 9.59 Å². The van der Waals surface area contributed by atoms with Gasteiger partial charge >= 0.3 is 11.9 Å². The van der Waals surface area contributed by atoms with Gasteiger partial charge in [0.15, 0.2) is 0 Å². The second-order valence-electron chi connectivity index (χ2n) is 4.11. The Morgan fingerprint density at radius 3 is 2.42 bits per heavy atom. The molecule has 0 aromatic heterocycles. The highest BCUT2D eigenvalue weighted by molar-refractivity contribution is 14.1. The molecule has 0 atom stereocenters. The van der Waals surface area contributed by atoms with Crippen molar-refractivity contribution in [2.24, 2.45) is 0 Å². The third-order valence-electron chi connectivity index (χ3n) is 2.43. The molecular weight excluding hydrogens is 474 g/mol. The van der Waals surface area contributed by atoms with Gasteiger partial charge < -0.3 is 9.84 Å². The fourth-order valence-electron chi connectivity index (χ4n) is 1.53. The summed E-state index contributed by atoms with van der Waals surface area (Å²) in [6.07, 6.45) is 1.36. The predicted octanol–water partition coefficient (Wildman–Crippen LogP) is 3.75. The van der Waals surface area contributed by atoms with Gasteiger partial charge in [0.2, 0.25) is 0 Å². The number of carbonyl (C=O) groups is 2. The number of rotatable bonds is 6. The number of carbonyl (C=O) groups excluding carboxylic acids is 1. The Kier molecular flexibility index (Phi) is 7.05. The molecule has 104 valence electrons. The van der Waals surface area contributed by atoms with Crippen molar-refractivity contribution in [1.82, 2.24) is 0 Å². The van der Waals surface area contributed by atoms with Crippen LogP contribution in [0.15, 0.2) is 12.1 Å². The molecule has 1 aromatic rings. The molecule has 0 bridgehead atoms. The number of carboxylic acid groups (broad SMARTS) is 1. The average molecular weight is 488 g/mol. The van der Waals surface area contributed by atoms with E-state index >= 15 is 0 Å². The maximum Gasteiger partial charge on any atom is 0.311 e. The van der Waals surface area contributed by atoms with Gasteiger partial charge in [-0.3, -0.25) is 9.59 Å². The predicted molar refractivity (Wildman–Crippen MR) is 88.4 cm³/mol. The summed E-state index contributed by atoms with van der Waals surface area (Å²) in [5, 5.41) is 8.49. The minimum atomic E-state index is -0.837. The third-order valence-corrected chi connectivity index (χ3v) is 3.86. The van der Waals surface area contributed by atoms with Gasteiger partial charge in [0.1, 0.15) is 5.75 Å². The number of aryl methyl sites for hydroxylation is 1. The van der Waals surface area contributed by atoms with Crippen LogP contribution in [-0.4, -0.2) is 17.0 Å². The Morgan fingerprint density at radius 2 is 1.84 bits per heavy atom. The van der Waals surface area contributed by atoms with Crippen LogP contribution < -0.4 is 4.74 Å². The quantitative estimate of drug-likeness (QED) is 0.287. The first-order chi connectivity index (χ1) is 8.90. The highest BCUT2D eigenvalue weighted by atomic mass is 127. The van der Waals surface area contributed by atoms with E-state index in [1.54, 1.807) is 0 Å². The van der Waals surface area contributed by atoms with Gasteiger partial charge in [0.25, 0.3) is 0 Å². The Morgan fingerprint density at radius 1 is 1.21 bits per heavy atom. The molecule has 0 aliphatic carbocycles. The van der Waals surface area contributed by atoms with Crippen LogP contribution in [0.25, 0.3) is 0 Å². The third kappa shape index (κ3) is 6.07. The normalized spacial score (nSPS) is 10.3. The molecule has 0 aliphatic rings. The van der Waals surface area contributed by atoms with Gasteiger partial charge in [0.05, 0.1) is 3.57 Å². The Balaban J connectivity index is 2.51.